The van der Waals surface area contributed by atoms with Crippen molar-refractivity contribution in [3.8, 4) is 0 Å². The summed E-state index contributed by atoms with van der Waals surface area (Å²) in [6, 6.07) is -0.372. The summed E-state index contributed by atoms with van der Waals surface area (Å²) >= 11 is 0. The van der Waals surface area contributed by atoms with E-state index in [1.807, 2.05) is 0 Å². The zero-order valence-electron chi connectivity index (χ0n) is 11.5. The van der Waals surface area contributed by atoms with Gasteiger partial charge in [0.2, 0.25) is 0 Å². The third-order valence-corrected chi connectivity index (χ3v) is 4.44. The molecule has 2 aliphatic rings. The number of carboxylic acids is 1. The van der Waals surface area contributed by atoms with Gasteiger partial charge in [-0.1, -0.05) is 26.0 Å². The minimum absolute atomic E-state index is 0.171. The summed E-state index contributed by atoms with van der Waals surface area (Å²) in [4.78, 5) is 22.6. The maximum Gasteiger partial charge on any atom is 0.315 e. The Morgan fingerprint density at radius 3 is 2.53 bits per heavy atom. The lowest BCUT2D eigenvalue weighted by molar-refractivity contribution is -0.140. The minimum Gasteiger partial charge on any atom is -0.481 e. The van der Waals surface area contributed by atoms with Crippen LogP contribution in [0.1, 0.15) is 33.1 Å². The van der Waals surface area contributed by atoms with Crippen molar-refractivity contribution >= 4 is 12.0 Å². The molecule has 0 saturated heterocycles. The second kappa shape index (κ2) is 5.23. The van der Waals surface area contributed by atoms with E-state index in [1.54, 1.807) is 12.2 Å². The number of urea groups is 1. The molecule has 2 aliphatic carbocycles. The number of aliphatic carboxylic acids is 1. The Labute approximate surface area is 113 Å². The second-order valence-electron chi connectivity index (χ2n) is 6.02. The van der Waals surface area contributed by atoms with Crippen LogP contribution in [0, 0.1) is 17.3 Å². The zero-order valence-corrected chi connectivity index (χ0v) is 11.5. The van der Waals surface area contributed by atoms with Crippen molar-refractivity contribution in [2.75, 3.05) is 6.54 Å². The van der Waals surface area contributed by atoms with Gasteiger partial charge in [-0.3, -0.25) is 4.79 Å². The number of nitrogens with one attached hydrogen (secondary N) is 2. The maximum absolute atomic E-state index is 11.8. The Morgan fingerprint density at radius 2 is 2.05 bits per heavy atom. The summed E-state index contributed by atoms with van der Waals surface area (Å²) in [7, 11) is 0. The molecular weight excluding hydrogens is 244 g/mol. The van der Waals surface area contributed by atoms with Crippen molar-refractivity contribution < 1.29 is 14.7 Å². The molecule has 0 aliphatic heterocycles. The van der Waals surface area contributed by atoms with Crippen molar-refractivity contribution in [2.45, 2.75) is 39.2 Å². The van der Waals surface area contributed by atoms with Gasteiger partial charge >= 0.3 is 12.0 Å². The lowest BCUT2D eigenvalue weighted by Crippen LogP contribution is -2.43. The van der Waals surface area contributed by atoms with Crippen molar-refractivity contribution in [3.05, 3.63) is 12.2 Å². The van der Waals surface area contributed by atoms with Gasteiger partial charge in [0.15, 0.2) is 0 Å². The van der Waals surface area contributed by atoms with Gasteiger partial charge < -0.3 is 15.7 Å². The van der Waals surface area contributed by atoms with Crippen molar-refractivity contribution in [3.63, 3.8) is 0 Å². The predicted octanol–water partition coefficient (Wildman–Crippen LogP) is 1.75. The van der Waals surface area contributed by atoms with Gasteiger partial charge in [-0.2, -0.15) is 0 Å². The molecule has 1 fully saturated rings. The van der Waals surface area contributed by atoms with Gasteiger partial charge in [0.05, 0.1) is 12.0 Å². The smallest absolute Gasteiger partial charge is 0.315 e. The molecular formula is C14H22N2O3. The minimum atomic E-state index is -0.835. The Hall–Kier alpha value is -1.52. The van der Waals surface area contributed by atoms with Crippen LogP contribution in [0.25, 0.3) is 0 Å². The van der Waals surface area contributed by atoms with Crippen LogP contribution in [0.3, 0.4) is 0 Å². The first-order valence-corrected chi connectivity index (χ1v) is 6.88. The van der Waals surface area contributed by atoms with Crippen LogP contribution in [0.15, 0.2) is 12.2 Å². The van der Waals surface area contributed by atoms with E-state index in [-0.39, 0.29) is 17.5 Å². The van der Waals surface area contributed by atoms with Crippen LogP contribution in [0.4, 0.5) is 4.79 Å². The molecule has 19 heavy (non-hydrogen) atoms. The van der Waals surface area contributed by atoms with Gasteiger partial charge in [-0.15, -0.1) is 0 Å². The third kappa shape index (κ3) is 3.28. The van der Waals surface area contributed by atoms with Crippen LogP contribution >= 0.6 is 0 Å². The van der Waals surface area contributed by atoms with Gasteiger partial charge in [-0.05, 0) is 30.6 Å². The molecule has 106 valence electrons. The van der Waals surface area contributed by atoms with Crippen molar-refractivity contribution in [2.24, 2.45) is 17.3 Å². The highest BCUT2D eigenvalue weighted by Crippen LogP contribution is 2.51. The largest absolute Gasteiger partial charge is 0.481 e. The van der Waals surface area contributed by atoms with E-state index >= 15 is 0 Å². The van der Waals surface area contributed by atoms with E-state index < -0.39 is 11.9 Å². The third-order valence-electron chi connectivity index (χ3n) is 4.44. The van der Waals surface area contributed by atoms with E-state index in [1.165, 1.54) is 12.8 Å². The number of hydrogen-bond acceptors (Lipinski definition) is 2. The SMILES string of the molecule is CC(C)C1(CNC(=O)NC2C=CC(C(=O)O)C2)CC1. The van der Waals surface area contributed by atoms with Crippen molar-refractivity contribution in [1.82, 2.24) is 10.6 Å². The molecule has 0 spiro atoms. The summed E-state index contributed by atoms with van der Waals surface area (Å²) < 4.78 is 0. The highest BCUT2D eigenvalue weighted by atomic mass is 16.4. The van der Waals surface area contributed by atoms with E-state index in [0.717, 1.165) is 0 Å². The van der Waals surface area contributed by atoms with E-state index in [0.29, 0.717) is 18.9 Å². The summed E-state index contributed by atoms with van der Waals surface area (Å²) in [6.07, 6.45) is 6.19. The summed E-state index contributed by atoms with van der Waals surface area (Å²) in [6.45, 7) is 5.07. The molecule has 2 atom stereocenters. The molecule has 0 aromatic heterocycles. The summed E-state index contributed by atoms with van der Waals surface area (Å²) in [5.41, 5.74) is 0.284. The Morgan fingerprint density at radius 1 is 1.37 bits per heavy atom. The summed E-state index contributed by atoms with van der Waals surface area (Å²) in [5.74, 6) is -0.732. The van der Waals surface area contributed by atoms with E-state index in [4.69, 9.17) is 5.11 Å². The molecule has 1 saturated carbocycles. The molecule has 2 unspecified atom stereocenters. The lowest BCUT2D eigenvalue weighted by Gasteiger charge is -2.21. The number of carbonyl (C=O) groups excluding carboxylic acids is 1. The number of amides is 2. The average molecular weight is 266 g/mol. The molecule has 5 nitrogen and oxygen atoms in total. The second-order valence-corrected chi connectivity index (χ2v) is 6.02. The molecule has 3 N–H and O–H groups in total. The van der Waals surface area contributed by atoms with Crippen LogP contribution in [-0.2, 0) is 4.79 Å². The van der Waals surface area contributed by atoms with Crippen LogP contribution in [0.2, 0.25) is 0 Å². The van der Waals surface area contributed by atoms with Crippen molar-refractivity contribution in [1.29, 1.82) is 0 Å². The fourth-order valence-corrected chi connectivity index (χ4v) is 2.58. The van der Waals surface area contributed by atoms with Crippen LogP contribution < -0.4 is 10.6 Å². The number of rotatable bonds is 5. The summed E-state index contributed by atoms with van der Waals surface area (Å²) in [5, 5.41) is 14.6. The quantitative estimate of drug-likeness (QED) is 0.663. The van der Waals surface area contributed by atoms with Crippen LogP contribution in [-0.4, -0.2) is 29.7 Å². The Bertz CT molecular complexity index is 399. The fraction of sp³-hybridized carbons (Fsp3) is 0.714. The van der Waals surface area contributed by atoms with Gasteiger partial charge in [0, 0.05) is 6.54 Å². The first-order valence-electron chi connectivity index (χ1n) is 6.88. The van der Waals surface area contributed by atoms with Gasteiger partial charge in [0.25, 0.3) is 0 Å². The molecule has 0 bridgehead atoms. The zero-order chi connectivity index (χ0) is 14.0. The van der Waals surface area contributed by atoms with Gasteiger partial charge in [-0.25, -0.2) is 4.79 Å². The first-order chi connectivity index (χ1) is 8.93. The molecule has 5 heteroatoms. The maximum atomic E-state index is 11.8. The topological polar surface area (TPSA) is 78.4 Å². The average Bonchev–Trinajstić information content (AvgIpc) is 3.00. The van der Waals surface area contributed by atoms with E-state index in [2.05, 4.69) is 24.5 Å². The number of carboxylic acid groups (broad SMARTS) is 1. The lowest BCUT2D eigenvalue weighted by atomic mass is 9.92. The Kier molecular flexibility index (Phi) is 3.83. The predicted molar refractivity (Wildman–Crippen MR) is 71.7 cm³/mol. The van der Waals surface area contributed by atoms with Crippen LogP contribution in [0.5, 0.6) is 0 Å². The van der Waals surface area contributed by atoms with Gasteiger partial charge in [0.1, 0.15) is 0 Å². The molecule has 0 heterocycles. The highest BCUT2D eigenvalue weighted by molar-refractivity contribution is 5.76. The Balaban J connectivity index is 1.71. The molecule has 0 radical (unpaired) electrons. The number of carbonyl (C=O) groups is 2. The molecule has 2 amide bonds. The normalized spacial score (nSPS) is 27.3. The molecule has 0 aromatic rings. The first kappa shape index (κ1) is 13.9. The van der Waals surface area contributed by atoms with E-state index in [9.17, 15) is 9.59 Å². The molecule has 2 rings (SSSR count). The standard InChI is InChI=1S/C14H22N2O3/c1-9(2)14(5-6-14)8-15-13(19)16-11-4-3-10(7-11)12(17)18/h3-4,9-11H,5-8H2,1-2H3,(H,17,18)(H2,15,16,19). The molecule has 0 aromatic carbocycles. The number of hydrogen-bond donors (Lipinski definition) is 3. The highest BCUT2D eigenvalue weighted by Gasteiger charge is 2.45. The monoisotopic (exact) mass is 266 g/mol. The fourth-order valence-electron chi connectivity index (χ4n) is 2.58.